The Labute approximate surface area is 214 Å². The van der Waals surface area contributed by atoms with Gasteiger partial charge in [0.1, 0.15) is 18.2 Å². The zero-order valence-electron chi connectivity index (χ0n) is 26.2. The van der Waals surface area contributed by atoms with Crippen LogP contribution < -0.4 is 4.57 Å². The van der Waals surface area contributed by atoms with Crippen molar-refractivity contribution in [2.75, 3.05) is 0 Å². The minimum Gasteiger partial charge on any atom is -0.454 e. The van der Waals surface area contributed by atoms with Gasteiger partial charge in [-0.25, -0.2) is 0 Å². The molecule has 5 rings (SSSR count). The van der Waals surface area contributed by atoms with E-state index in [1.54, 1.807) is 13.0 Å². The number of hydrogen-bond donors (Lipinski definition) is 0. The van der Waals surface area contributed by atoms with E-state index in [-0.39, 0.29) is 17.6 Å². The molecule has 0 saturated carbocycles. The smallest absolute Gasteiger partial charge is 0.216 e. The first-order chi connectivity index (χ1) is 18.8. The molecule has 3 heteroatoms. The third-order valence-electron chi connectivity index (χ3n) is 7.28. The molecule has 0 bridgehead atoms. The summed E-state index contributed by atoms with van der Waals surface area (Å²) >= 11 is 0. The molecule has 3 aromatic carbocycles. The highest BCUT2D eigenvalue weighted by Crippen LogP contribution is 2.43. The van der Waals surface area contributed by atoms with Gasteiger partial charge >= 0.3 is 0 Å². The van der Waals surface area contributed by atoms with Crippen LogP contribution >= 0.6 is 0 Å². The monoisotopic (exact) mass is 464 g/mol. The van der Waals surface area contributed by atoms with Crippen LogP contribution in [-0.2, 0) is 7.05 Å². The molecule has 0 atom stereocenters. The summed E-state index contributed by atoms with van der Waals surface area (Å²) in [4.78, 5) is 0. The molecule has 0 aliphatic carbocycles. The van der Waals surface area contributed by atoms with E-state index in [1.165, 1.54) is 11.1 Å². The van der Waals surface area contributed by atoms with Crippen molar-refractivity contribution in [1.82, 2.24) is 0 Å². The lowest BCUT2D eigenvalue weighted by atomic mass is 9.92. The topological polar surface area (TPSA) is 40.8 Å². The Morgan fingerprint density at radius 3 is 2.26 bits per heavy atom. The van der Waals surface area contributed by atoms with Crippen LogP contribution in [0.4, 0.5) is 0 Å². The van der Waals surface area contributed by atoms with Crippen molar-refractivity contribution in [3.05, 3.63) is 88.0 Å². The van der Waals surface area contributed by atoms with Gasteiger partial charge in [0, 0.05) is 34.9 Å². The van der Waals surface area contributed by atoms with E-state index < -0.39 is 18.1 Å². The zero-order valence-corrected chi connectivity index (χ0v) is 21.2. The molecule has 2 heterocycles. The van der Waals surface area contributed by atoms with Crippen molar-refractivity contribution < 1.29 is 15.8 Å². The van der Waals surface area contributed by atoms with Gasteiger partial charge < -0.3 is 4.42 Å². The highest BCUT2D eigenvalue weighted by Gasteiger charge is 2.26. The Bertz CT molecular complexity index is 1920. The molecule has 0 saturated heterocycles. The average molecular weight is 465 g/mol. The molecule has 174 valence electrons. The SMILES string of the molecule is [2H]c1c([2H])c([2H])c(-c2c(C)c(C#N)cc3c2oc2c(-c4cc(C(C)C)c(C)c(C)[n+]4C)c(C)ccc23)c([2H])c1[2H]. The third kappa shape index (κ3) is 3.44. The molecule has 3 nitrogen and oxygen atoms in total. The Balaban J connectivity index is 2.00. The maximum absolute atomic E-state index is 10.0. The van der Waals surface area contributed by atoms with Crippen LogP contribution in [0.3, 0.4) is 0 Å². The summed E-state index contributed by atoms with van der Waals surface area (Å²) < 4.78 is 50.7. The summed E-state index contributed by atoms with van der Waals surface area (Å²) in [5.41, 5.74) is 8.84. The van der Waals surface area contributed by atoms with Crippen LogP contribution in [0.1, 0.15) is 60.1 Å². The minimum atomic E-state index is -0.463. The second-order valence-electron chi connectivity index (χ2n) is 9.56. The fourth-order valence-electron chi connectivity index (χ4n) is 5.11. The van der Waals surface area contributed by atoms with Gasteiger partial charge in [-0.15, -0.1) is 0 Å². The Hall–Kier alpha value is -3.90. The van der Waals surface area contributed by atoms with E-state index >= 15 is 0 Å². The van der Waals surface area contributed by atoms with Gasteiger partial charge in [-0.3, -0.25) is 0 Å². The Kier molecular flexibility index (Phi) is 4.20. The van der Waals surface area contributed by atoms with Crippen LogP contribution in [-0.4, -0.2) is 0 Å². The Morgan fingerprint density at radius 1 is 0.914 bits per heavy atom. The van der Waals surface area contributed by atoms with E-state index in [2.05, 4.69) is 44.4 Å². The summed E-state index contributed by atoms with van der Waals surface area (Å²) in [6.45, 7) is 12.4. The number of benzene rings is 3. The first kappa shape index (κ1) is 17.5. The predicted molar refractivity (Wildman–Crippen MR) is 144 cm³/mol. The quantitative estimate of drug-likeness (QED) is 0.254. The predicted octanol–water partition coefficient (Wildman–Crippen LogP) is 7.97. The number of rotatable bonds is 3. The molecular formula is C32H31N2O+. The van der Waals surface area contributed by atoms with E-state index in [0.717, 1.165) is 27.9 Å². The van der Waals surface area contributed by atoms with Gasteiger partial charge in [-0.2, -0.15) is 9.83 Å². The van der Waals surface area contributed by atoms with Gasteiger partial charge in [0.2, 0.25) is 5.69 Å². The number of pyridine rings is 1. The van der Waals surface area contributed by atoms with E-state index in [4.69, 9.17) is 11.3 Å². The van der Waals surface area contributed by atoms with Crippen LogP contribution in [0, 0.1) is 39.0 Å². The highest BCUT2D eigenvalue weighted by molar-refractivity contribution is 6.14. The average Bonchev–Trinajstić information content (AvgIpc) is 3.28. The number of nitrogens with zero attached hydrogens (tertiary/aromatic N) is 2. The molecule has 0 aliphatic rings. The molecule has 0 unspecified atom stereocenters. The zero-order chi connectivity index (χ0) is 29.4. The molecule has 0 radical (unpaired) electrons. The molecule has 0 amide bonds. The van der Waals surface area contributed by atoms with Crippen LogP contribution in [0.25, 0.3) is 44.3 Å². The van der Waals surface area contributed by atoms with Crippen molar-refractivity contribution in [2.24, 2.45) is 7.05 Å². The van der Waals surface area contributed by atoms with Gasteiger partial charge in [-0.1, -0.05) is 56.2 Å². The first-order valence-corrected chi connectivity index (χ1v) is 11.8. The van der Waals surface area contributed by atoms with Crippen molar-refractivity contribution >= 4 is 21.9 Å². The lowest BCUT2D eigenvalue weighted by Crippen LogP contribution is -2.36. The molecule has 5 aromatic rings. The van der Waals surface area contributed by atoms with Crippen LogP contribution in [0.2, 0.25) is 0 Å². The summed E-state index contributed by atoms with van der Waals surface area (Å²) in [5.74, 6) is 0.324. The molecule has 2 aromatic heterocycles. The second kappa shape index (κ2) is 8.40. The fraction of sp³-hybridized carbons (Fsp3) is 0.250. The molecular weight excluding hydrogens is 428 g/mol. The second-order valence-corrected chi connectivity index (χ2v) is 9.56. The number of hydrogen-bond acceptors (Lipinski definition) is 2. The third-order valence-corrected chi connectivity index (χ3v) is 7.28. The summed E-state index contributed by atoms with van der Waals surface area (Å²) in [5, 5.41) is 11.5. The Morgan fingerprint density at radius 2 is 1.60 bits per heavy atom. The fourth-order valence-corrected chi connectivity index (χ4v) is 5.11. The highest BCUT2D eigenvalue weighted by atomic mass is 16.3. The van der Waals surface area contributed by atoms with E-state index in [1.807, 2.05) is 26.1 Å². The molecule has 0 fully saturated rings. The maximum atomic E-state index is 10.0. The largest absolute Gasteiger partial charge is 0.454 e. The minimum absolute atomic E-state index is 0.0294. The molecule has 0 spiro atoms. The molecule has 0 aliphatic heterocycles. The standard InChI is InChI=1S/C32H31N2O/c1-18(2)26-16-28(34(7)22(6)20(26)4)29-19(3)13-14-25-27-15-24(17-33)21(5)30(32(27)35-31(25)29)23-11-9-8-10-12-23/h8-16,18H,1-7H3/q+1/i8D,9D,10D,11D,12D. The molecule has 35 heavy (non-hydrogen) atoms. The number of furan rings is 1. The summed E-state index contributed by atoms with van der Waals surface area (Å²) in [6, 6.07) is 8.24. The van der Waals surface area contributed by atoms with Crippen molar-refractivity contribution in [3.63, 3.8) is 0 Å². The van der Waals surface area contributed by atoms with E-state index in [9.17, 15) is 5.26 Å². The number of aryl methyl sites for hydroxylation is 1. The number of fused-ring (bicyclic) bond motifs is 3. The van der Waals surface area contributed by atoms with Gasteiger partial charge in [0.15, 0.2) is 5.69 Å². The lowest BCUT2D eigenvalue weighted by molar-refractivity contribution is -0.667. The van der Waals surface area contributed by atoms with Crippen molar-refractivity contribution in [2.45, 2.75) is 47.5 Å². The van der Waals surface area contributed by atoms with E-state index in [0.29, 0.717) is 39.2 Å². The van der Waals surface area contributed by atoms with Crippen molar-refractivity contribution in [1.29, 1.82) is 5.26 Å². The molecule has 0 N–H and O–H groups in total. The summed E-state index contributed by atoms with van der Waals surface area (Å²) in [6.07, 6.45) is 0. The number of aromatic nitrogens is 1. The van der Waals surface area contributed by atoms with Crippen molar-refractivity contribution in [3.8, 4) is 28.5 Å². The van der Waals surface area contributed by atoms with Gasteiger partial charge in [0.25, 0.3) is 0 Å². The number of nitriles is 1. The van der Waals surface area contributed by atoms with Gasteiger partial charge in [0.05, 0.1) is 24.0 Å². The lowest BCUT2D eigenvalue weighted by Gasteiger charge is -2.14. The first-order valence-electron chi connectivity index (χ1n) is 14.3. The normalized spacial score (nSPS) is 13.5. The van der Waals surface area contributed by atoms with Crippen LogP contribution in [0.15, 0.2) is 58.9 Å². The summed E-state index contributed by atoms with van der Waals surface area (Å²) in [7, 11) is 2.04. The van der Waals surface area contributed by atoms with Crippen LogP contribution in [0.5, 0.6) is 0 Å². The maximum Gasteiger partial charge on any atom is 0.216 e. The van der Waals surface area contributed by atoms with Gasteiger partial charge in [-0.05, 0) is 55.0 Å².